The van der Waals surface area contributed by atoms with Crippen molar-refractivity contribution in [3.63, 3.8) is 0 Å². The van der Waals surface area contributed by atoms with Crippen LogP contribution in [0.2, 0.25) is 10.0 Å². The Kier molecular flexibility index (Phi) is 4.61. The predicted molar refractivity (Wildman–Crippen MR) is 80.6 cm³/mol. The molecule has 1 N–H and O–H groups in total. The van der Waals surface area contributed by atoms with Crippen LogP contribution in [0.5, 0.6) is 0 Å². The third-order valence-electron chi connectivity index (χ3n) is 2.43. The minimum absolute atomic E-state index is 0.233. The molecule has 0 aliphatic carbocycles. The third-order valence-corrected chi connectivity index (χ3v) is 3.01. The molecule has 0 unspecified atom stereocenters. The highest BCUT2D eigenvalue weighted by Crippen LogP contribution is 2.20. The first kappa shape index (κ1) is 13.7. The number of anilines is 1. The molecule has 0 bridgehead atoms. The maximum Gasteiger partial charge on any atom is 0.248 e. The molecular formula is C15H11Cl2NO. The zero-order valence-corrected chi connectivity index (χ0v) is 11.4. The van der Waals surface area contributed by atoms with E-state index in [9.17, 15) is 4.79 Å². The van der Waals surface area contributed by atoms with Crippen molar-refractivity contribution in [2.24, 2.45) is 0 Å². The molecule has 2 rings (SSSR count). The van der Waals surface area contributed by atoms with Crippen LogP contribution in [0.25, 0.3) is 6.08 Å². The monoisotopic (exact) mass is 291 g/mol. The molecule has 2 aromatic rings. The van der Waals surface area contributed by atoms with E-state index in [1.54, 1.807) is 30.3 Å². The Balaban J connectivity index is 2.02. The molecule has 0 aliphatic rings. The molecule has 0 atom stereocenters. The molecule has 0 saturated heterocycles. The first-order valence-corrected chi connectivity index (χ1v) is 6.40. The van der Waals surface area contributed by atoms with Crippen LogP contribution < -0.4 is 5.32 Å². The summed E-state index contributed by atoms with van der Waals surface area (Å²) in [5, 5.41) is 3.88. The van der Waals surface area contributed by atoms with Crippen LogP contribution in [0.4, 0.5) is 5.69 Å². The van der Waals surface area contributed by atoms with Crippen molar-refractivity contribution in [2.75, 3.05) is 5.32 Å². The molecule has 0 aliphatic heterocycles. The van der Waals surface area contributed by atoms with Crippen LogP contribution in [-0.4, -0.2) is 5.91 Å². The standard InChI is InChI=1S/C15H11Cl2NO/c16-12-8-5-11(6-9-12)7-10-15(19)18-14-4-2-1-3-13(14)17/h1-10H,(H,18,19). The number of para-hydroxylation sites is 1. The van der Waals surface area contributed by atoms with Gasteiger partial charge in [0.1, 0.15) is 0 Å². The van der Waals surface area contributed by atoms with Crippen molar-refractivity contribution in [1.29, 1.82) is 0 Å². The lowest BCUT2D eigenvalue weighted by Gasteiger charge is -2.03. The lowest BCUT2D eigenvalue weighted by atomic mass is 10.2. The normalized spacial score (nSPS) is 10.6. The van der Waals surface area contributed by atoms with E-state index in [4.69, 9.17) is 23.2 Å². The SMILES string of the molecule is O=C(C=Cc1ccc(Cl)cc1)Nc1ccccc1Cl. The fraction of sp³-hybridized carbons (Fsp3) is 0. The van der Waals surface area contributed by atoms with Gasteiger partial charge in [0, 0.05) is 11.1 Å². The predicted octanol–water partition coefficient (Wildman–Crippen LogP) is 4.65. The summed E-state index contributed by atoms with van der Waals surface area (Å²) >= 11 is 11.7. The first-order valence-electron chi connectivity index (χ1n) is 5.64. The number of amides is 1. The van der Waals surface area contributed by atoms with E-state index < -0.39 is 0 Å². The Morgan fingerprint density at radius 3 is 2.37 bits per heavy atom. The maximum atomic E-state index is 11.7. The molecule has 0 radical (unpaired) electrons. The van der Waals surface area contributed by atoms with Gasteiger partial charge >= 0.3 is 0 Å². The number of rotatable bonds is 3. The number of nitrogens with one attached hydrogen (secondary N) is 1. The number of benzene rings is 2. The summed E-state index contributed by atoms with van der Waals surface area (Å²) in [7, 11) is 0. The molecule has 1 amide bonds. The highest BCUT2D eigenvalue weighted by molar-refractivity contribution is 6.33. The van der Waals surface area contributed by atoms with E-state index in [0.29, 0.717) is 15.7 Å². The van der Waals surface area contributed by atoms with Gasteiger partial charge in [0.2, 0.25) is 5.91 Å². The van der Waals surface area contributed by atoms with Crippen LogP contribution in [0.3, 0.4) is 0 Å². The van der Waals surface area contributed by atoms with E-state index in [0.717, 1.165) is 5.56 Å². The smallest absolute Gasteiger partial charge is 0.248 e. The lowest BCUT2D eigenvalue weighted by Crippen LogP contribution is -2.07. The van der Waals surface area contributed by atoms with Crippen LogP contribution in [0.1, 0.15) is 5.56 Å². The van der Waals surface area contributed by atoms with Gasteiger partial charge in [-0.05, 0) is 35.9 Å². The van der Waals surface area contributed by atoms with Crippen LogP contribution in [-0.2, 0) is 4.79 Å². The van der Waals surface area contributed by atoms with Crippen molar-refractivity contribution >= 4 is 40.9 Å². The second-order valence-corrected chi connectivity index (χ2v) is 4.70. The summed E-state index contributed by atoms with van der Waals surface area (Å²) in [4.78, 5) is 11.7. The minimum Gasteiger partial charge on any atom is -0.321 e. The van der Waals surface area contributed by atoms with Crippen LogP contribution >= 0.6 is 23.2 Å². The summed E-state index contributed by atoms with van der Waals surface area (Å²) in [6, 6.07) is 14.3. The van der Waals surface area contributed by atoms with Crippen molar-refractivity contribution < 1.29 is 4.79 Å². The zero-order chi connectivity index (χ0) is 13.7. The number of carbonyl (C=O) groups excluding carboxylic acids is 1. The molecule has 96 valence electrons. The van der Waals surface area contributed by atoms with Crippen molar-refractivity contribution in [3.8, 4) is 0 Å². The number of hydrogen-bond donors (Lipinski definition) is 1. The summed E-state index contributed by atoms with van der Waals surface area (Å²) in [5.74, 6) is -0.233. The summed E-state index contributed by atoms with van der Waals surface area (Å²) in [6.45, 7) is 0. The van der Waals surface area contributed by atoms with Gasteiger partial charge in [0.15, 0.2) is 0 Å². The van der Waals surface area contributed by atoms with Gasteiger partial charge in [-0.3, -0.25) is 4.79 Å². The Morgan fingerprint density at radius 2 is 1.68 bits per heavy atom. The maximum absolute atomic E-state index is 11.7. The fourth-order valence-electron chi connectivity index (χ4n) is 1.48. The van der Waals surface area contributed by atoms with E-state index in [2.05, 4.69) is 5.32 Å². The largest absolute Gasteiger partial charge is 0.321 e. The zero-order valence-electron chi connectivity index (χ0n) is 9.94. The molecule has 0 heterocycles. The molecule has 0 spiro atoms. The van der Waals surface area contributed by atoms with Gasteiger partial charge in [-0.15, -0.1) is 0 Å². The van der Waals surface area contributed by atoms with Crippen LogP contribution in [0.15, 0.2) is 54.6 Å². The average molecular weight is 292 g/mol. The second-order valence-electron chi connectivity index (χ2n) is 3.85. The van der Waals surface area contributed by atoms with Crippen molar-refractivity contribution in [2.45, 2.75) is 0 Å². The number of carbonyl (C=O) groups is 1. The second kappa shape index (κ2) is 6.41. The van der Waals surface area contributed by atoms with Crippen molar-refractivity contribution in [1.82, 2.24) is 0 Å². The van der Waals surface area contributed by atoms with E-state index in [1.165, 1.54) is 6.08 Å². The average Bonchev–Trinajstić information content (AvgIpc) is 2.41. The van der Waals surface area contributed by atoms with Gasteiger partial charge in [-0.1, -0.05) is 47.5 Å². The lowest BCUT2D eigenvalue weighted by molar-refractivity contribution is -0.111. The highest BCUT2D eigenvalue weighted by Gasteiger charge is 2.01. The van der Waals surface area contributed by atoms with Crippen molar-refractivity contribution in [3.05, 3.63) is 70.2 Å². The molecule has 2 aromatic carbocycles. The number of hydrogen-bond acceptors (Lipinski definition) is 1. The first-order chi connectivity index (χ1) is 9.15. The molecule has 4 heteroatoms. The fourth-order valence-corrected chi connectivity index (χ4v) is 1.79. The van der Waals surface area contributed by atoms with Gasteiger partial charge in [0.25, 0.3) is 0 Å². The highest BCUT2D eigenvalue weighted by atomic mass is 35.5. The van der Waals surface area contributed by atoms with Gasteiger partial charge in [-0.25, -0.2) is 0 Å². The summed E-state index contributed by atoms with van der Waals surface area (Å²) < 4.78 is 0. The molecule has 0 fully saturated rings. The molecule has 2 nitrogen and oxygen atoms in total. The summed E-state index contributed by atoms with van der Waals surface area (Å²) in [5.41, 5.74) is 1.49. The quantitative estimate of drug-likeness (QED) is 0.820. The van der Waals surface area contributed by atoms with Gasteiger partial charge in [-0.2, -0.15) is 0 Å². The molecular weight excluding hydrogens is 281 g/mol. The van der Waals surface area contributed by atoms with E-state index >= 15 is 0 Å². The summed E-state index contributed by atoms with van der Waals surface area (Å²) in [6.07, 6.45) is 3.16. The Hall–Kier alpha value is -1.77. The van der Waals surface area contributed by atoms with Gasteiger partial charge < -0.3 is 5.32 Å². The minimum atomic E-state index is -0.233. The topological polar surface area (TPSA) is 29.1 Å². The Labute approximate surface area is 121 Å². The van der Waals surface area contributed by atoms with Gasteiger partial charge in [0.05, 0.1) is 10.7 Å². The molecule has 0 saturated carbocycles. The van der Waals surface area contributed by atoms with E-state index in [-0.39, 0.29) is 5.91 Å². The molecule has 0 aromatic heterocycles. The number of halogens is 2. The molecule has 19 heavy (non-hydrogen) atoms. The third kappa shape index (κ3) is 4.12. The van der Waals surface area contributed by atoms with E-state index in [1.807, 2.05) is 24.3 Å². The van der Waals surface area contributed by atoms with Crippen LogP contribution in [0, 0.1) is 0 Å². The Morgan fingerprint density at radius 1 is 1.00 bits per heavy atom. The Bertz CT molecular complexity index is 606.